The third kappa shape index (κ3) is 3.19. The Balaban J connectivity index is 1.71. The first-order valence-corrected chi connectivity index (χ1v) is 10.1. The van der Waals surface area contributed by atoms with Gasteiger partial charge in [0.25, 0.3) is 5.91 Å². The summed E-state index contributed by atoms with van der Waals surface area (Å²) in [5, 5.41) is 1.29. The fraction of sp³-hybridized carbons (Fsp3) is 0.190. The van der Waals surface area contributed by atoms with E-state index in [1.54, 1.807) is 17.2 Å². The zero-order valence-electron chi connectivity index (χ0n) is 15.1. The largest absolute Gasteiger partial charge is 0.369 e. The van der Waals surface area contributed by atoms with Crippen molar-refractivity contribution in [3.8, 4) is 10.6 Å². The van der Waals surface area contributed by atoms with E-state index >= 15 is 0 Å². The van der Waals surface area contributed by atoms with Gasteiger partial charge >= 0.3 is 0 Å². The van der Waals surface area contributed by atoms with Gasteiger partial charge in [0.1, 0.15) is 9.88 Å². The average Bonchev–Trinajstić information content (AvgIpc) is 3.17. The predicted molar refractivity (Wildman–Crippen MR) is 112 cm³/mol. The van der Waals surface area contributed by atoms with Crippen LogP contribution in [-0.4, -0.2) is 22.8 Å². The van der Waals surface area contributed by atoms with Crippen LogP contribution in [0, 0.1) is 0 Å². The monoisotopic (exact) mass is 411 g/mol. The van der Waals surface area contributed by atoms with Gasteiger partial charge < -0.3 is 10.6 Å². The topological polar surface area (TPSA) is 76.3 Å². The van der Waals surface area contributed by atoms with Gasteiger partial charge in [-0.1, -0.05) is 48.0 Å². The summed E-state index contributed by atoms with van der Waals surface area (Å²) in [5.41, 5.74) is 7.91. The maximum absolute atomic E-state index is 13.3. The van der Waals surface area contributed by atoms with E-state index in [1.807, 2.05) is 49.4 Å². The van der Waals surface area contributed by atoms with Gasteiger partial charge in [0.2, 0.25) is 5.91 Å². The van der Waals surface area contributed by atoms with E-state index in [0.717, 1.165) is 16.8 Å². The number of halogens is 1. The molecule has 0 aliphatic carbocycles. The highest BCUT2D eigenvalue weighted by atomic mass is 35.5. The van der Waals surface area contributed by atoms with Gasteiger partial charge in [-0.15, -0.1) is 11.3 Å². The SMILES string of the molecule is C[C@H]1C[C@H](C(N)=O)c2ccccc2N1C(=O)c1cnc(-c2ccccc2Cl)s1. The molecule has 28 heavy (non-hydrogen) atoms. The first-order chi connectivity index (χ1) is 13.5. The number of hydrogen-bond donors (Lipinski definition) is 1. The second kappa shape index (κ2) is 7.37. The van der Waals surface area contributed by atoms with E-state index in [1.165, 1.54) is 11.3 Å². The van der Waals surface area contributed by atoms with Crippen LogP contribution >= 0.6 is 22.9 Å². The normalized spacial score (nSPS) is 18.6. The Kier molecular flexibility index (Phi) is 4.91. The number of amides is 2. The zero-order valence-corrected chi connectivity index (χ0v) is 16.7. The Morgan fingerprint density at radius 1 is 1.18 bits per heavy atom. The summed E-state index contributed by atoms with van der Waals surface area (Å²) >= 11 is 7.57. The molecule has 1 aliphatic rings. The highest BCUT2D eigenvalue weighted by Crippen LogP contribution is 2.40. The Bertz CT molecular complexity index is 1070. The van der Waals surface area contributed by atoms with Gasteiger partial charge in [0, 0.05) is 17.3 Å². The number of benzene rings is 2. The smallest absolute Gasteiger partial charge is 0.270 e. The van der Waals surface area contributed by atoms with Gasteiger partial charge in [-0.2, -0.15) is 0 Å². The molecule has 0 saturated carbocycles. The Hall–Kier alpha value is -2.70. The lowest BCUT2D eigenvalue weighted by atomic mass is 9.85. The molecule has 2 N–H and O–H groups in total. The van der Waals surface area contributed by atoms with Crippen molar-refractivity contribution in [3.63, 3.8) is 0 Å². The van der Waals surface area contributed by atoms with Crippen molar-refractivity contribution in [1.82, 2.24) is 4.98 Å². The van der Waals surface area contributed by atoms with E-state index in [-0.39, 0.29) is 17.9 Å². The number of nitrogens with zero attached hydrogens (tertiary/aromatic N) is 2. The molecule has 0 fully saturated rings. The number of thiazole rings is 1. The lowest BCUT2D eigenvalue weighted by Crippen LogP contribution is -2.45. The molecule has 3 aromatic rings. The number of carbonyl (C=O) groups excluding carboxylic acids is 2. The number of primary amides is 1. The maximum atomic E-state index is 13.3. The minimum atomic E-state index is -0.393. The van der Waals surface area contributed by atoms with Crippen molar-refractivity contribution in [1.29, 1.82) is 0 Å². The highest BCUT2D eigenvalue weighted by Gasteiger charge is 2.36. The predicted octanol–water partition coefficient (Wildman–Crippen LogP) is 4.47. The molecule has 142 valence electrons. The van der Waals surface area contributed by atoms with Gasteiger partial charge in [0.05, 0.1) is 17.1 Å². The minimum Gasteiger partial charge on any atom is -0.369 e. The number of rotatable bonds is 3. The molecule has 0 saturated heterocycles. The molecule has 1 aliphatic heterocycles. The molecule has 5 nitrogen and oxygen atoms in total. The quantitative estimate of drug-likeness (QED) is 0.690. The Morgan fingerprint density at radius 2 is 1.89 bits per heavy atom. The van der Waals surface area contributed by atoms with E-state index in [0.29, 0.717) is 21.3 Å². The van der Waals surface area contributed by atoms with Crippen LogP contribution < -0.4 is 10.6 Å². The van der Waals surface area contributed by atoms with Gasteiger partial charge in [-0.05, 0) is 31.0 Å². The third-order valence-corrected chi connectivity index (χ3v) is 6.32. The molecule has 4 rings (SSSR count). The Labute approximate surface area is 171 Å². The molecule has 0 spiro atoms. The second-order valence-electron chi connectivity index (χ2n) is 6.78. The average molecular weight is 412 g/mol. The molecule has 0 unspecified atom stereocenters. The van der Waals surface area contributed by atoms with Crippen LogP contribution in [0.15, 0.2) is 54.7 Å². The summed E-state index contributed by atoms with van der Waals surface area (Å²) in [6.45, 7) is 1.93. The van der Waals surface area contributed by atoms with Crippen LogP contribution in [0.4, 0.5) is 5.69 Å². The summed E-state index contributed by atoms with van der Waals surface area (Å²) in [6, 6.07) is 14.7. The molecule has 1 aromatic heterocycles. The van der Waals surface area contributed by atoms with Crippen LogP contribution in [0.25, 0.3) is 10.6 Å². The number of anilines is 1. The number of hydrogen-bond acceptors (Lipinski definition) is 4. The van der Waals surface area contributed by atoms with Crippen LogP contribution in [-0.2, 0) is 4.79 Å². The molecular weight excluding hydrogens is 394 g/mol. The maximum Gasteiger partial charge on any atom is 0.270 e. The van der Waals surface area contributed by atoms with Crippen molar-refractivity contribution < 1.29 is 9.59 Å². The number of carbonyl (C=O) groups is 2. The fourth-order valence-corrected chi connectivity index (χ4v) is 4.82. The number of para-hydroxylation sites is 1. The van der Waals surface area contributed by atoms with Crippen molar-refractivity contribution in [2.24, 2.45) is 5.73 Å². The van der Waals surface area contributed by atoms with Gasteiger partial charge in [-0.3, -0.25) is 9.59 Å². The summed E-state index contributed by atoms with van der Waals surface area (Å²) in [4.78, 5) is 31.9. The zero-order chi connectivity index (χ0) is 19.8. The summed E-state index contributed by atoms with van der Waals surface area (Å²) in [7, 11) is 0. The van der Waals surface area contributed by atoms with Crippen molar-refractivity contribution in [3.05, 3.63) is 70.2 Å². The second-order valence-corrected chi connectivity index (χ2v) is 8.22. The fourth-order valence-electron chi connectivity index (χ4n) is 3.64. The standard InChI is InChI=1S/C21H18ClN3O2S/c1-12-10-15(19(23)26)13-6-3-5-9-17(13)25(12)21(27)18-11-24-20(28-18)14-7-2-4-8-16(14)22/h2-9,11-12,15H,10H2,1H3,(H2,23,26)/t12-,15-/m0/s1. The number of fused-ring (bicyclic) bond motifs is 1. The van der Waals surface area contributed by atoms with Crippen molar-refractivity contribution in [2.45, 2.75) is 25.3 Å². The third-order valence-electron chi connectivity index (χ3n) is 4.97. The molecule has 7 heteroatoms. The van der Waals surface area contributed by atoms with E-state index in [2.05, 4.69) is 4.98 Å². The lowest BCUT2D eigenvalue weighted by Gasteiger charge is -2.38. The molecule has 2 amide bonds. The van der Waals surface area contributed by atoms with Crippen LogP contribution in [0.3, 0.4) is 0 Å². The molecule has 2 atom stereocenters. The van der Waals surface area contributed by atoms with Gasteiger partial charge in [-0.25, -0.2) is 4.98 Å². The van der Waals surface area contributed by atoms with Crippen LogP contribution in [0.2, 0.25) is 5.02 Å². The molecule has 0 bridgehead atoms. The van der Waals surface area contributed by atoms with Crippen LogP contribution in [0.5, 0.6) is 0 Å². The molecular formula is C21H18ClN3O2S. The highest BCUT2D eigenvalue weighted by molar-refractivity contribution is 7.17. The molecule has 2 heterocycles. The summed E-state index contributed by atoms with van der Waals surface area (Å²) in [6.07, 6.45) is 2.08. The first-order valence-electron chi connectivity index (χ1n) is 8.90. The summed E-state index contributed by atoms with van der Waals surface area (Å²) in [5.74, 6) is -0.903. The van der Waals surface area contributed by atoms with E-state index in [4.69, 9.17) is 17.3 Å². The van der Waals surface area contributed by atoms with E-state index < -0.39 is 5.92 Å². The first kappa shape index (κ1) is 18.7. The number of nitrogens with two attached hydrogens (primary N) is 1. The van der Waals surface area contributed by atoms with E-state index in [9.17, 15) is 9.59 Å². The molecule has 2 aromatic carbocycles. The van der Waals surface area contributed by atoms with Crippen LogP contribution in [0.1, 0.15) is 34.5 Å². The summed E-state index contributed by atoms with van der Waals surface area (Å²) < 4.78 is 0. The minimum absolute atomic E-state index is 0.140. The number of aromatic nitrogens is 1. The van der Waals surface area contributed by atoms with Crippen molar-refractivity contribution in [2.75, 3.05) is 4.90 Å². The van der Waals surface area contributed by atoms with Crippen molar-refractivity contribution >= 4 is 40.4 Å². The lowest BCUT2D eigenvalue weighted by molar-refractivity contribution is -0.119. The van der Waals surface area contributed by atoms with Gasteiger partial charge in [0.15, 0.2) is 0 Å². The Morgan fingerprint density at radius 3 is 2.64 bits per heavy atom. The molecule has 0 radical (unpaired) electrons.